The Morgan fingerprint density at radius 3 is 2.62 bits per heavy atom. The molecule has 0 saturated carbocycles. The van der Waals surface area contributed by atoms with E-state index in [9.17, 15) is 4.39 Å². The minimum absolute atomic E-state index is 0.207. The third kappa shape index (κ3) is 1.97. The van der Waals surface area contributed by atoms with Crippen molar-refractivity contribution in [3.63, 3.8) is 0 Å². The van der Waals surface area contributed by atoms with Crippen LogP contribution in [0.3, 0.4) is 0 Å². The molecule has 1 aromatic heterocycles. The predicted octanol–water partition coefficient (Wildman–Crippen LogP) is 2.50. The smallest absolute Gasteiger partial charge is 0.123 e. The molecular weight excluding hydrogens is 205 g/mol. The number of nitrogens with zero attached hydrogens (tertiary/aromatic N) is 1. The van der Waals surface area contributed by atoms with Crippen molar-refractivity contribution in [2.45, 2.75) is 13.0 Å². The number of aromatic amines is 1. The maximum absolute atomic E-state index is 12.8. The van der Waals surface area contributed by atoms with Crippen LogP contribution in [0.15, 0.2) is 30.5 Å². The lowest BCUT2D eigenvalue weighted by Crippen LogP contribution is -2.12. The Hall–Kier alpha value is -1.68. The van der Waals surface area contributed by atoms with Gasteiger partial charge in [-0.1, -0.05) is 0 Å². The van der Waals surface area contributed by atoms with Crippen molar-refractivity contribution < 1.29 is 4.39 Å². The molecule has 3 nitrogen and oxygen atoms in total. The van der Waals surface area contributed by atoms with Gasteiger partial charge in [0.25, 0.3) is 0 Å². The van der Waals surface area contributed by atoms with Crippen LogP contribution in [-0.4, -0.2) is 17.2 Å². The van der Waals surface area contributed by atoms with Crippen LogP contribution in [0.2, 0.25) is 0 Å². The lowest BCUT2D eigenvalue weighted by atomic mass is 10.0. The lowest BCUT2D eigenvalue weighted by Gasteiger charge is -2.10. The van der Waals surface area contributed by atoms with Crippen LogP contribution in [0.25, 0.3) is 11.3 Å². The summed E-state index contributed by atoms with van der Waals surface area (Å²) >= 11 is 0. The maximum Gasteiger partial charge on any atom is 0.123 e. The molecule has 1 atom stereocenters. The van der Waals surface area contributed by atoms with E-state index in [0.717, 1.165) is 16.8 Å². The van der Waals surface area contributed by atoms with E-state index in [-0.39, 0.29) is 11.9 Å². The molecule has 0 aliphatic heterocycles. The minimum Gasteiger partial charge on any atom is -0.313 e. The molecule has 0 aliphatic rings. The highest BCUT2D eigenvalue weighted by molar-refractivity contribution is 5.63. The van der Waals surface area contributed by atoms with Gasteiger partial charge in [-0.15, -0.1) is 0 Å². The van der Waals surface area contributed by atoms with Gasteiger partial charge in [0.15, 0.2) is 0 Å². The van der Waals surface area contributed by atoms with E-state index in [4.69, 9.17) is 0 Å². The van der Waals surface area contributed by atoms with Gasteiger partial charge >= 0.3 is 0 Å². The molecule has 84 valence electrons. The van der Waals surface area contributed by atoms with Crippen molar-refractivity contribution in [1.82, 2.24) is 15.5 Å². The van der Waals surface area contributed by atoms with Crippen molar-refractivity contribution in [1.29, 1.82) is 0 Å². The normalized spacial score (nSPS) is 12.7. The van der Waals surface area contributed by atoms with Crippen molar-refractivity contribution in [2.75, 3.05) is 7.05 Å². The Kier molecular flexibility index (Phi) is 3.01. The Morgan fingerprint density at radius 1 is 1.31 bits per heavy atom. The van der Waals surface area contributed by atoms with E-state index in [1.807, 2.05) is 7.05 Å². The van der Waals surface area contributed by atoms with E-state index in [1.54, 1.807) is 18.3 Å². The van der Waals surface area contributed by atoms with E-state index in [2.05, 4.69) is 22.4 Å². The molecule has 0 bridgehead atoms. The van der Waals surface area contributed by atoms with Gasteiger partial charge < -0.3 is 5.32 Å². The molecule has 4 heteroatoms. The zero-order chi connectivity index (χ0) is 11.5. The zero-order valence-electron chi connectivity index (χ0n) is 9.29. The number of rotatable bonds is 3. The largest absolute Gasteiger partial charge is 0.313 e. The molecule has 0 fully saturated rings. The highest BCUT2D eigenvalue weighted by Crippen LogP contribution is 2.25. The summed E-state index contributed by atoms with van der Waals surface area (Å²) in [5, 5.41) is 10.1. The maximum atomic E-state index is 12.8. The first-order valence-electron chi connectivity index (χ1n) is 5.19. The van der Waals surface area contributed by atoms with Crippen LogP contribution in [0.4, 0.5) is 4.39 Å². The molecular formula is C12H14FN3. The second-order valence-corrected chi connectivity index (χ2v) is 3.72. The van der Waals surface area contributed by atoms with Crippen LogP contribution in [0.1, 0.15) is 18.5 Å². The van der Waals surface area contributed by atoms with Gasteiger partial charge in [0, 0.05) is 17.2 Å². The van der Waals surface area contributed by atoms with Gasteiger partial charge in [0.05, 0.1) is 11.9 Å². The van der Waals surface area contributed by atoms with Gasteiger partial charge in [-0.2, -0.15) is 5.10 Å². The monoisotopic (exact) mass is 219 g/mol. The Morgan fingerprint density at radius 2 is 2.00 bits per heavy atom. The minimum atomic E-state index is -0.230. The van der Waals surface area contributed by atoms with Gasteiger partial charge in [-0.3, -0.25) is 5.10 Å². The van der Waals surface area contributed by atoms with Gasteiger partial charge in [0.2, 0.25) is 0 Å². The number of halogens is 1. The van der Waals surface area contributed by atoms with Gasteiger partial charge in [-0.05, 0) is 38.2 Å². The van der Waals surface area contributed by atoms with E-state index < -0.39 is 0 Å². The topological polar surface area (TPSA) is 40.7 Å². The molecule has 1 aromatic carbocycles. The van der Waals surface area contributed by atoms with E-state index in [1.165, 1.54) is 12.1 Å². The Bertz CT molecular complexity index is 461. The summed E-state index contributed by atoms with van der Waals surface area (Å²) in [6.07, 6.45) is 1.79. The molecule has 2 rings (SSSR count). The predicted molar refractivity (Wildman–Crippen MR) is 61.5 cm³/mol. The number of H-pyrrole nitrogens is 1. The molecule has 0 aliphatic carbocycles. The summed E-state index contributed by atoms with van der Waals surface area (Å²) in [4.78, 5) is 0. The Labute approximate surface area is 93.7 Å². The molecule has 0 radical (unpaired) electrons. The van der Waals surface area contributed by atoms with Crippen molar-refractivity contribution in [2.24, 2.45) is 0 Å². The first kappa shape index (κ1) is 10.8. The van der Waals surface area contributed by atoms with Crippen molar-refractivity contribution in [3.05, 3.63) is 41.8 Å². The number of nitrogens with one attached hydrogen (secondary N) is 2. The molecule has 2 N–H and O–H groups in total. The number of aromatic nitrogens is 2. The van der Waals surface area contributed by atoms with Crippen LogP contribution in [0, 0.1) is 5.82 Å². The average molecular weight is 219 g/mol. The fourth-order valence-electron chi connectivity index (χ4n) is 1.63. The van der Waals surface area contributed by atoms with Crippen LogP contribution in [0.5, 0.6) is 0 Å². The van der Waals surface area contributed by atoms with E-state index in [0.29, 0.717) is 0 Å². The standard InChI is InChI=1S/C12H14FN3/c1-8(14-2)11-7-15-16-12(11)9-3-5-10(13)6-4-9/h3-8,14H,1-2H3,(H,15,16). The summed E-state index contributed by atoms with van der Waals surface area (Å²) in [5.41, 5.74) is 2.95. The molecule has 0 saturated heterocycles. The lowest BCUT2D eigenvalue weighted by molar-refractivity contribution is 0.628. The average Bonchev–Trinajstić information content (AvgIpc) is 2.78. The van der Waals surface area contributed by atoms with E-state index >= 15 is 0 Å². The molecule has 2 aromatic rings. The second-order valence-electron chi connectivity index (χ2n) is 3.72. The van der Waals surface area contributed by atoms with Gasteiger partial charge in [0.1, 0.15) is 5.82 Å². The third-order valence-electron chi connectivity index (χ3n) is 2.70. The molecule has 0 amide bonds. The molecule has 0 spiro atoms. The molecule has 1 heterocycles. The first-order chi connectivity index (χ1) is 7.72. The number of benzene rings is 1. The quantitative estimate of drug-likeness (QED) is 0.832. The first-order valence-corrected chi connectivity index (χ1v) is 5.19. The third-order valence-corrected chi connectivity index (χ3v) is 2.70. The number of hydrogen-bond donors (Lipinski definition) is 2. The summed E-state index contributed by atoms with van der Waals surface area (Å²) in [7, 11) is 1.89. The number of hydrogen-bond acceptors (Lipinski definition) is 2. The summed E-state index contributed by atoms with van der Waals surface area (Å²) in [6.45, 7) is 2.05. The zero-order valence-corrected chi connectivity index (χ0v) is 9.29. The SMILES string of the molecule is CNC(C)c1cn[nH]c1-c1ccc(F)cc1. The molecule has 16 heavy (non-hydrogen) atoms. The highest BCUT2D eigenvalue weighted by Gasteiger charge is 2.12. The van der Waals surface area contributed by atoms with Crippen LogP contribution >= 0.6 is 0 Å². The molecule has 1 unspecified atom stereocenters. The summed E-state index contributed by atoms with van der Waals surface area (Å²) in [6, 6.07) is 6.59. The van der Waals surface area contributed by atoms with Gasteiger partial charge in [-0.25, -0.2) is 4.39 Å². The Balaban J connectivity index is 2.40. The van der Waals surface area contributed by atoms with Crippen LogP contribution < -0.4 is 5.32 Å². The van der Waals surface area contributed by atoms with Crippen molar-refractivity contribution in [3.8, 4) is 11.3 Å². The fourth-order valence-corrected chi connectivity index (χ4v) is 1.63. The highest BCUT2D eigenvalue weighted by atomic mass is 19.1. The second kappa shape index (κ2) is 4.45. The summed E-state index contributed by atoms with van der Waals surface area (Å²) in [5.74, 6) is -0.230. The van der Waals surface area contributed by atoms with Crippen molar-refractivity contribution >= 4 is 0 Å². The fraction of sp³-hybridized carbons (Fsp3) is 0.250. The van der Waals surface area contributed by atoms with Crippen LogP contribution in [-0.2, 0) is 0 Å². The summed E-state index contributed by atoms with van der Waals surface area (Å²) < 4.78 is 12.8.